The quantitative estimate of drug-likeness (QED) is 0.726. The van der Waals surface area contributed by atoms with Gasteiger partial charge in [0.25, 0.3) is 0 Å². The van der Waals surface area contributed by atoms with E-state index in [1.165, 1.54) is 0 Å². The van der Waals surface area contributed by atoms with Crippen molar-refractivity contribution < 1.29 is 17.9 Å². The summed E-state index contributed by atoms with van der Waals surface area (Å²) >= 11 is 0. The molecular weight excluding hydrogens is 266 g/mol. The van der Waals surface area contributed by atoms with Gasteiger partial charge in [-0.2, -0.15) is 0 Å². The molecule has 1 aromatic rings. The van der Waals surface area contributed by atoms with E-state index in [0.717, 1.165) is 5.56 Å². The van der Waals surface area contributed by atoms with E-state index in [2.05, 4.69) is 4.72 Å². The first-order chi connectivity index (χ1) is 9.03. The van der Waals surface area contributed by atoms with Gasteiger partial charge in [-0.1, -0.05) is 30.3 Å². The van der Waals surface area contributed by atoms with Crippen molar-refractivity contribution in [1.29, 1.82) is 0 Å². The first-order valence-corrected chi connectivity index (χ1v) is 7.85. The molecule has 1 rings (SSSR count). The minimum absolute atomic E-state index is 0.0137. The summed E-state index contributed by atoms with van der Waals surface area (Å²) in [5, 5.41) is 0. The van der Waals surface area contributed by atoms with Gasteiger partial charge in [0, 0.05) is 6.54 Å². The van der Waals surface area contributed by atoms with Gasteiger partial charge in [-0.25, -0.2) is 13.1 Å². The van der Waals surface area contributed by atoms with Crippen LogP contribution in [-0.4, -0.2) is 33.3 Å². The molecular formula is C13H19NO4S. The summed E-state index contributed by atoms with van der Waals surface area (Å²) in [6.45, 7) is 2.09. The number of hydrogen-bond donors (Lipinski definition) is 1. The Labute approximate surface area is 114 Å². The summed E-state index contributed by atoms with van der Waals surface area (Å²) in [6.07, 6.45) is 0.508. The Hall–Kier alpha value is -1.40. The van der Waals surface area contributed by atoms with Crippen molar-refractivity contribution >= 4 is 16.0 Å². The maximum atomic E-state index is 11.7. The third-order valence-electron chi connectivity index (χ3n) is 2.46. The van der Waals surface area contributed by atoms with Crippen LogP contribution in [0.4, 0.5) is 0 Å². The fourth-order valence-corrected chi connectivity index (χ4v) is 2.57. The molecule has 0 saturated carbocycles. The van der Waals surface area contributed by atoms with Gasteiger partial charge in [-0.05, 0) is 18.9 Å². The summed E-state index contributed by atoms with van der Waals surface area (Å²) < 4.78 is 30.5. The second-order valence-corrected chi connectivity index (χ2v) is 5.93. The van der Waals surface area contributed by atoms with Gasteiger partial charge in [0.2, 0.25) is 10.0 Å². The predicted molar refractivity (Wildman–Crippen MR) is 73.2 cm³/mol. The first kappa shape index (κ1) is 15.7. The molecule has 0 unspecified atom stereocenters. The number of aryl methyl sites for hydroxylation is 1. The average Bonchev–Trinajstić information content (AvgIpc) is 2.38. The van der Waals surface area contributed by atoms with Gasteiger partial charge < -0.3 is 4.74 Å². The molecule has 1 N–H and O–H groups in total. The summed E-state index contributed by atoms with van der Waals surface area (Å²) in [6, 6.07) is 9.39. The molecule has 0 aliphatic carbocycles. The molecule has 0 saturated heterocycles. The largest absolute Gasteiger partial charge is 0.466 e. The topological polar surface area (TPSA) is 72.5 Å². The van der Waals surface area contributed by atoms with Crippen molar-refractivity contribution in [3.8, 4) is 0 Å². The Morgan fingerprint density at radius 2 is 1.95 bits per heavy atom. The number of rotatable bonds is 8. The number of ether oxygens (including phenoxy) is 1. The molecule has 0 spiro atoms. The Morgan fingerprint density at radius 1 is 1.26 bits per heavy atom. The fourth-order valence-electron chi connectivity index (χ4n) is 1.51. The van der Waals surface area contributed by atoms with E-state index >= 15 is 0 Å². The second kappa shape index (κ2) is 7.91. The highest BCUT2D eigenvalue weighted by Gasteiger charge is 2.11. The molecule has 0 amide bonds. The van der Waals surface area contributed by atoms with Crippen molar-refractivity contribution in [3.05, 3.63) is 35.9 Å². The van der Waals surface area contributed by atoms with Crippen LogP contribution in [0.25, 0.3) is 0 Å². The van der Waals surface area contributed by atoms with E-state index in [4.69, 9.17) is 4.74 Å². The van der Waals surface area contributed by atoms with Crippen LogP contribution < -0.4 is 4.72 Å². The summed E-state index contributed by atoms with van der Waals surface area (Å²) in [5.74, 6) is -0.381. The molecule has 0 radical (unpaired) electrons. The molecule has 0 aromatic heterocycles. The lowest BCUT2D eigenvalue weighted by Gasteiger charge is -2.06. The van der Waals surface area contributed by atoms with Gasteiger partial charge in [-0.15, -0.1) is 0 Å². The molecule has 0 aliphatic rings. The molecule has 106 valence electrons. The number of carbonyl (C=O) groups is 1. The second-order valence-electron chi connectivity index (χ2n) is 4.00. The van der Waals surface area contributed by atoms with Crippen LogP contribution in [-0.2, 0) is 26.0 Å². The van der Waals surface area contributed by atoms with Gasteiger partial charge in [-0.3, -0.25) is 4.79 Å². The molecule has 19 heavy (non-hydrogen) atoms. The lowest BCUT2D eigenvalue weighted by atomic mass is 10.2. The summed E-state index contributed by atoms with van der Waals surface area (Å²) in [4.78, 5) is 11.1. The molecule has 5 nitrogen and oxygen atoms in total. The lowest BCUT2D eigenvalue weighted by Crippen LogP contribution is -2.29. The molecule has 6 heteroatoms. The minimum atomic E-state index is -3.35. The van der Waals surface area contributed by atoms with Gasteiger partial charge in [0.05, 0.1) is 18.8 Å². The van der Waals surface area contributed by atoms with E-state index < -0.39 is 16.0 Å². The zero-order chi connectivity index (χ0) is 14.1. The number of sulfonamides is 1. The van der Waals surface area contributed by atoms with Crippen molar-refractivity contribution in [3.63, 3.8) is 0 Å². The van der Waals surface area contributed by atoms with E-state index in [1.807, 2.05) is 30.3 Å². The maximum absolute atomic E-state index is 11.7. The Kier molecular flexibility index (Phi) is 6.52. The van der Waals surface area contributed by atoms with E-state index in [0.29, 0.717) is 13.0 Å². The Balaban J connectivity index is 2.30. The average molecular weight is 285 g/mol. The predicted octanol–water partition coefficient (Wildman–Crippen LogP) is 1.10. The number of hydrogen-bond acceptors (Lipinski definition) is 4. The van der Waals surface area contributed by atoms with Crippen molar-refractivity contribution in [2.45, 2.75) is 19.8 Å². The summed E-state index contributed by atoms with van der Waals surface area (Å²) in [7, 11) is -3.35. The van der Waals surface area contributed by atoms with Crippen molar-refractivity contribution in [2.75, 3.05) is 18.9 Å². The molecule has 0 heterocycles. The van der Waals surface area contributed by atoms with Crippen LogP contribution in [0, 0.1) is 0 Å². The van der Waals surface area contributed by atoms with E-state index in [9.17, 15) is 13.2 Å². The van der Waals surface area contributed by atoms with Gasteiger partial charge in [0.1, 0.15) is 0 Å². The van der Waals surface area contributed by atoms with Crippen LogP contribution in [0.3, 0.4) is 0 Å². The third-order valence-corrected chi connectivity index (χ3v) is 3.84. The highest BCUT2D eigenvalue weighted by Crippen LogP contribution is 2.01. The van der Waals surface area contributed by atoms with E-state index in [1.54, 1.807) is 6.92 Å². The van der Waals surface area contributed by atoms with Gasteiger partial charge in [0.15, 0.2) is 0 Å². The third kappa shape index (κ3) is 6.93. The van der Waals surface area contributed by atoms with Gasteiger partial charge >= 0.3 is 5.97 Å². The molecule has 0 bridgehead atoms. The normalized spacial score (nSPS) is 11.2. The standard InChI is InChI=1S/C13H19NO4S/c1-2-18-13(15)8-10-14-19(16,17)11-9-12-6-4-3-5-7-12/h3-7,14H,2,8-11H2,1H3. The van der Waals surface area contributed by atoms with Crippen LogP contribution in [0.1, 0.15) is 18.9 Å². The minimum Gasteiger partial charge on any atom is -0.466 e. The van der Waals surface area contributed by atoms with Crippen LogP contribution in [0.5, 0.6) is 0 Å². The number of esters is 1. The monoisotopic (exact) mass is 285 g/mol. The highest BCUT2D eigenvalue weighted by molar-refractivity contribution is 7.89. The number of nitrogens with one attached hydrogen (secondary N) is 1. The lowest BCUT2D eigenvalue weighted by molar-refractivity contribution is -0.142. The maximum Gasteiger partial charge on any atom is 0.307 e. The smallest absolute Gasteiger partial charge is 0.307 e. The fraction of sp³-hybridized carbons (Fsp3) is 0.462. The zero-order valence-corrected chi connectivity index (χ0v) is 11.8. The first-order valence-electron chi connectivity index (χ1n) is 6.20. The SMILES string of the molecule is CCOC(=O)CCNS(=O)(=O)CCc1ccccc1. The molecule has 1 aromatic carbocycles. The molecule has 0 aliphatic heterocycles. The molecule has 0 atom stereocenters. The van der Waals surface area contributed by atoms with E-state index in [-0.39, 0.29) is 18.7 Å². The Morgan fingerprint density at radius 3 is 2.58 bits per heavy atom. The summed E-state index contributed by atoms with van der Waals surface area (Å²) in [5.41, 5.74) is 0.971. The number of carbonyl (C=O) groups excluding carboxylic acids is 1. The highest BCUT2D eigenvalue weighted by atomic mass is 32.2. The Bertz CT molecular complexity index is 485. The zero-order valence-electron chi connectivity index (χ0n) is 11.0. The number of benzene rings is 1. The van der Waals surface area contributed by atoms with Crippen molar-refractivity contribution in [1.82, 2.24) is 4.72 Å². The van der Waals surface area contributed by atoms with Crippen LogP contribution in [0.15, 0.2) is 30.3 Å². The molecule has 0 fully saturated rings. The van der Waals surface area contributed by atoms with Crippen LogP contribution in [0.2, 0.25) is 0 Å². The van der Waals surface area contributed by atoms with Crippen LogP contribution >= 0.6 is 0 Å². The van der Waals surface area contributed by atoms with Crippen molar-refractivity contribution in [2.24, 2.45) is 0 Å².